The predicted molar refractivity (Wildman–Crippen MR) is 89.4 cm³/mol. The highest BCUT2D eigenvalue weighted by atomic mass is 79.9. The van der Waals surface area contributed by atoms with Gasteiger partial charge in [0.25, 0.3) is 0 Å². The first-order chi connectivity index (χ1) is 10.1. The van der Waals surface area contributed by atoms with Gasteiger partial charge in [0.1, 0.15) is 0 Å². The lowest BCUT2D eigenvalue weighted by Crippen LogP contribution is -2.17. The van der Waals surface area contributed by atoms with Crippen LogP contribution in [0.25, 0.3) is 0 Å². The van der Waals surface area contributed by atoms with Gasteiger partial charge in [-0.05, 0) is 36.8 Å². The van der Waals surface area contributed by atoms with E-state index in [9.17, 15) is 4.79 Å². The van der Waals surface area contributed by atoms with Crippen molar-refractivity contribution in [3.05, 3.63) is 56.2 Å². The maximum atomic E-state index is 11.2. The summed E-state index contributed by atoms with van der Waals surface area (Å²) < 4.78 is 5.77. The molecule has 1 heterocycles. The minimum atomic E-state index is -0.195. The molecule has 1 atom stereocenters. The highest BCUT2D eigenvalue weighted by molar-refractivity contribution is 9.10. The van der Waals surface area contributed by atoms with E-state index in [0.29, 0.717) is 6.42 Å². The van der Waals surface area contributed by atoms with Gasteiger partial charge in [-0.15, -0.1) is 11.3 Å². The molecule has 1 N–H and O–H groups in total. The van der Waals surface area contributed by atoms with Gasteiger partial charge in [0.05, 0.1) is 13.5 Å². The molecule has 0 aliphatic rings. The van der Waals surface area contributed by atoms with E-state index in [-0.39, 0.29) is 12.0 Å². The van der Waals surface area contributed by atoms with Gasteiger partial charge in [0.15, 0.2) is 0 Å². The normalized spacial score (nSPS) is 12.1. The number of carbonyl (C=O) groups is 1. The Balaban J connectivity index is 1.89. The van der Waals surface area contributed by atoms with Crippen molar-refractivity contribution >= 4 is 33.2 Å². The Labute approximate surface area is 137 Å². The standard InChI is InChI=1S/C16H18BrNO2S/c1-11(12-4-3-5-13(17)8-12)18-10-15-7-6-14(21-15)9-16(19)20-2/h3-8,11,18H,9-10H2,1-2H3. The number of methoxy groups -OCH3 is 1. The largest absolute Gasteiger partial charge is 0.469 e. The monoisotopic (exact) mass is 367 g/mol. The number of rotatable bonds is 6. The van der Waals surface area contributed by atoms with Gasteiger partial charge in [-0.1, -0.05) is 28.1 Å². The number of hydrogen-bond acceptors (Lipinski definition) is 4. The molecule has 21 heavy (non-hydrogen) atoms. The van der Waals surface area contributed by atoms with Gasteiger partial charge in [-0.25, -0.2) is 0 Å². The predicted octanol–water partition coefficient (Wildman–Crippen LogP) is 4.08. The van der Waals surface area contributed by atoms with Gasteiger partial charge >= 0.3 is 5.97 Å². The van der Waals surface area contributed by atoms with Crippen LogP contribution in [0, 0.1) is 0 Å². The van der Waals surface area contributed by atoms with E-state index in [4.69, 9.17) is 0 Å². The quantitative estimate of drug-likeness (QED) is 0.781. The van der Waals surface area contributed by atoms with Crippen molar-refractivity contribution < 1.29 is 9.53 Å². The third-order valence-electron chi connectivity index (χ3n) is 3.19. The fourth-order valence-electron chi connectivity index (χ4n) is 1.97. The number of ether oxygens (including phenoxy) is 1. The van der Waals surface area contributed by atoms with Crippen molar-refractivity contribution in [1.29, 1.82) is 0 Å². The Bertz CT molecular complexity index is 612. The van der Waals surface area contributed by atoms with Crippen molar-refractivity contribution in [2.24, 2.45) is 0 Å². The highest BCUT2D eigenvalue weighted by Gasteiger charge is 2.08. The molecule has 1 aromatic heterocycles. The van der Waals surface area contributed by atoms with Gasteiger partial charge < -0.3 is 10.1 Å². The molecule has 2 rings (SSSR count). The average Bonchev–Trinajstić information content (AvgIpc) is 2.92. The summed E-state index contributed by atoms with van der Waals surface area (Å²) in [6.07, 6.45) is 0.350. The van der Waals surface area contributed by atoms with Gasteiger partial charge in [-0.3, -0.25) is 4.79 Å². The number of esters is 1. The first-order valence-electron chi connectivity index (χ1n) is 6.71. The van der Waals surface area contributed by atoms with E-state index in [2.05, 4.69) is 51.1 Å². The fraction of sp³-hybridized carbons (Fsp3) is 0.312. The first kappa shape index (κ1) is 16.2. The molecule has 0 fully saturated rings. The third-order valence-corrected chi connectivity index (χ3v) is 4.77. The second-order valence-corrected chi connectivity index (χ2v) is 6.95. The van der Waals surface area contributed by atoms with E-state index < -0.39 is 0 Å². The van der Waals surface area contributed by atoms with E-state index in [1.807, 2.05) is 18.2 Å². The zero-order valence-corrected chi connectivity index (χ0v) is 14.5. The molecule has 1 unspecified atom stereocenters. The summed E-state index contributed by atoms with van der Waals surface area (Å²) in [5, 5.41) is 3.50. The number of benzene rings is 1. The summed E-state index contributed by atoms with van der Waals surface area (Å²) in [5.41, 5.74) is 1.25. The van der Waals surface area contributed by atoms with Gasteiger partial charge in [0, 0.05) is 26.8 Å². The summed E-state index contributed by atoms with van der Waals surface area (Å²) >= 11 is 5.13. The lowest BCUT2D eigenvalue weighted by molar-refractivity contribution is -0.139. The van der Waals surface area contributed by atoms with Crippen LogP contribution in [0.2, 0.25) is 0 Å². The molecular formula is C16H18BrNO2S. The molecule has 0 aliphatic carbocycles. The lowest BCUT2D eigenvalue weighted by Gasteiger charge is -2.13. The van der Waals surface area contributed by atoms with Crippen molar-refractivity contribution in [3.8, 4) is 0 Å². The molecule has 1 aromatic carbocycles. The van der Waals surface area contributed by atoms with Crippen LogP contribution in [-0.2, 0) is 22.5 Å². The number of halogens is 1. The molecule has 5 heteroatoms. The summed E-state index contributed by atoms with van der Waals surface area (Å²) in [4.78, 5) is 13.5. The van der Waals surface area contributed by atoms with E-state index >= 15 is 0 Å². The second kappa shape index (κ2) is 7.73. The Kier molecular flexibility index (Phi) is 5.96. The molecule has 0 amide bonds. The SMILES string of the molecule is COC(=O)Cc1ccc(CNC(C)c2cccc(Br)c2)s1. The highest BCUT2D eigenvalue weighted by Crippen LogP contribution is 2.21. The van der Waals surface area contributed by atoms with Crippen LogP contribution in [0.4, 0.5) is 0 Å². The van der Waals surface area contributed by atoms with Crippen LogP contribution >= 0.6 is 27.3 Å². The van der Waals surface area contributed by atoms with Crippen molar-refractivity contribution in [3.63, 3.8) is 0 Å². The molecule has 0 saturated carbocycles. The molecule has 2 aromatic rings. The summed E-state index contributed by atoms with van der Waals surface area (Å²) in [6.45, 7) is 2.93. The molecule has 3 nitrogen and oxygen atoms in total. The Hall–Kier alpha value is -1.17. The minimum Gasteiger partial charge on any atom is -0.469 e. The fourth-order valence-corrected chi connectivity index (χ4v) is 3.35. The summed E-state index contributed by atoms with van der Waals surface area (Å²) in [5.74, 6) is -0.195. The number of carbonyl (C=O) groups excluding carboxylic acids is 1. The average molecular weight is 368 g/mol. The van der Waals surface area contributed by atoms with E-state index in [1.165, 1.54) is 17.6 Å². The van der Waals surface area contributed by atoms with E-state index in [1.54, 1.807) is 11.3 Å². The van der Waals surface area contributed by atoms with Crippen molar-refractivity contribution in [2.45, 2.75) is 25.9 Å². The maximum Gasteiger partial charge on any atom is 0.310 e. The third kappa shape index (κ3) is 4.95. The van der Waals surface area contributed by atoms with Crippen molar-refractivity contribution in [1.82, 2.24) is 5.32 Å². The Morgan fingerprint density at radius 3 is 2.81 bits per heavy atom. The van der Waals surface area contributed by atoms with E-state index in [0.717, 1.165) is 15.9 Å². The molecule has 0 radical (unpaired) electrons. The number of thiophene rings is 1. The molecule has 0 spiro atoms. The topological polar surface area (TPSA) is 38.3 Å². The van der Waals surface area contributed by atoms with Gasteiger partial charge in [-0.2, -0.15) is 0 Å². The van der Waals surface area contributed by atoms with Crippen LogP contribution in [-0.4, -0.2) is 13.1 Å². The zero-order valence-electron chi connectivity index (χ0n) is 12.1. The summed E-state index contributed by atoms with van der Waals surface area (Å²) in [7, 11) is 1.41. The molecule has 0 bridgehead atoms. The first-order valence-corrected chi connectivity index (χ1v) is 8.32. The molecular weight excluding hydrogens is 350 g/mol. The summed E-state index contributed by atoms with van der Waals surface area (Å²) in [6, 6.07) is 12.6. The smallest absolute Gasteiger partial charge is 0.310 e. The van der Waals surface area contributed by atoms with Crippen LogP contribution in [0.1, 0.15) is 28.3 Å². The van der Waals surface area contributed by atoms with Crippen molar-refractivity contribution in [2.75, 3.05) is 7.11 Å². The van der Waals surface area contributed by atoms with Crippen LogP contribution in [0.5, 0.6) is 0 Å². The maximum absolute atomic E-state index is 11.2. The Morgan fingerprint density at radius 2 is 2.10 bits per heavy atom. The van der Waals surface area contributed by atoms with Crippen LogP contribution in [0.15, 0.2) is 40.9 Å². The molecule has 0 aliphatic heterocycles. The Morgan fingerprint density at radius 1 is 1.33 bits per heavy atom. The minimum absolute atomic E-state index is 0.195. The van der Waals surface area contributed by atoms with Gasteiger partial charge in [0.2, 0.25) is 0 Å². The van der Waals surface area contributed by atoms with Crippen LogP contribution in [0.3, 0.4) is 0 Å². The molecule has 0 saturated heterocycles. The number of nitrogens with one attached hydrogen (secondary N) is 1. The zero-order chi connectivity index (χ0) is 15.2. The second-order valence-electron chi connectivity index (χ2n) is 4.78. The lowest BCUT2D eigenvalue weighted by atomic mass is 10.1. The van der Waals surface area contributed by atoms with Crippen LogP contribution < -0.4 is 5.32 Å². The number of hydrogen-bond donors (Lipinski definition) is 1. The molecule has 112 valence electrons.